The number of benzene rings is 1. The predicted octanol–water partition coefficient (Wildman–Crippen LogP) is 2.41. The second-order valence-corrected chi connectivity index (χ2v) is 4.29. The number of aromatic nitrogens is 2. The quantitative estimate of drug-likeness (QED) is 0.476. The summed E-state index contributed by atoms with van der Waals surface area (Å²) in [6, 6.07) is 7.92. The van der Waals surface area contributed by atoms with Gasteiger partial charge in [-0.25, -0.2) is 9.97 Å². The molecule has 18 heavy (non-hydrogen) atoms. The van der Waals surface area contributed by atoms with Gasteiger partial charge >= 0.3 is 0 Å². The van der Waals surface area contributed by atoms with Crippen LogP contribution in [0.2, 0.25) is 0 Å². The minimum atomic E-state index is -0.572. The molecule has 0 fully saturated rings. The molecule has 0 unspecified atom stereocenters. The number of nitrogens with zero attached hydrogens (tertiary/aromatic N) is 4. The fourth-order valence-corrected chi connectivity index (χ4v) is 2.07. The maximum absolute atomic E-state index is 10.7. The van der Waals surface area contributed by atoms with Crippen LogP contribution >= 0.6 is 11.8 Å². The van der Waals surface area contributed by atoms with E-state index in [4.69, 9.17) is 5.26 Å². The minimum Gasteiger partial charge on any atom is -0.258 e. The van der Waals surface area contributed by atoms with Crippen LogP contribution in [0.1, 0.15) is 5.56 Å². The number of rotatable bonds is 3. The van der Waals surface area contributed by atoms with E-state index in [0.717, 1.165) is 4.90 Å². The Balaban J connectivity index is 2.32. The van der Waals surface area contributed by atoms with E-state index >= 15 is 0 Å². The number of hydrogen-bond acceptors (Lipinski definition) is 6. The Morgan fingerprint density at radius 3 is 2.83 bits per heavy atom. The van der Waals surface area contributed by atoms with Crippen LogP contribution in [-0.2, 0) is 0 Å². The molecule has 2 rings (SSSR count). The van der Waals surface area contributed by atoms with Crippen molar-refractivity contribution < 1.29 is 4.92 Å². The molecule has 1 aromatic heterocycles. The molecule has 0 radical (unpaired) electrons. The first-order chi connectivity index (χ1) is 8.70. The molecular formula is C11H6N4O2S. The zero-order valence-corrected chi connectivity index (χ0v) is 9.79. The predicted molar refractivity (Wildman–Crippen MR) is 64.0 cm³/mol. The van der Waals surface area contributed by atoms with Gasteiger partial charge in [0, 0.05) is 17.2 Å². The Bertz CT molecular complexity index is 625. The third-order valence-corrected chi connectivity index (χ3v) is 3.00. The third-order valence-electron chi connectivity index (χ3n) is 2.06. The van der Waals surface area contributed by atoms with Crippen molar-refractivity contribution in [3.63, 3.8) is 0 Å². The second-order valence-electron chi connectivity index (χ2n) is 3.20. The highest BCUT2D eigenvalue weighted by Crippen LogP contribution is 2.29. The Hall–Kier alpha value is -2.46. The van der Waals surface area contributed by atoms with Gasteiger partial charge in [-0.05, 0) is 18.2 Å². The van der Waals surface area contributed by atoms with Gasteiger partial charge in [0.2, 0.25) is 0 Å². The minimum absolute atomic E-state index is 0.0408. The highest BCUT2D eigenvalue weighted by Gasteiger charge is 2.14. The standard InChI is InChI=1S/C11H6N4O2S/c12-6-8-5-9(1-2-10(8)15(16)17)18-11-3-4-13-7-14-11/h1-5,7H. The molecule has 0 saturated heterocycles. The first kappa shape index (κ1) is 12.0. The average molecular weight is 258 g/mol. The number of nitriles is 1. The van der Waals surface area contributed by atoms with E-state index in [0.29, 0.717) is 5.03 Å². The van der Waals surface area contributed by atoms with Crippen molar-refractivity contribution in [3.05, 3.63) is 52.5 Å². The van der Waals surface area contributed by atoms with E-state index in [9.17, 15) is 10.1 Å². The molecule has 0 spiro atoms. The van der Waals surface area contributed by atoms with Gasteiger partial charge in [0.25, 0.3) is 5.69 Å². The summed E-state index contributed by atoms with van der Waals surface area (Å²) in [5, 5.41) is 20.3. The molecule has 0 aliphatic heterocycles. The van der Waals surface area contributed by atoms with Crippen LogP contribution < -0.4 is 0 Å². The second kappa shape index (κ2) is 5.25. The van der Waals surface area contributed by atoms with Crippen molar-refractivity contribution in [3.8, 4) is 6.07 Å². The molecule has 1 aromatic carbocycles. The maximum atomic E-state index is 10.7. The van der Waals surface area contributed by atoms with Crippen molar-refractivity contribution in [1.29, 1.82) is 5.26 Å². The highest BCUT2D eigenvalue weighted by atomic mass is 32.2. The molecule has 88 valence electrons. The normalized spacial score (nSPS) is 9.72. The molecule has 0 amide bonds. The molecule has 6 nitrogen and oxygen atoms in total. The van der Waals surface area contributed by atoms with Crippen molar-refractivity contribution >= 4 is 17.4 Å². The SMILES string of the molecule is N#Cc1cc(Sc2ccncn2)ccc1[N+](=O)[O-]. The number of hydrogen-bond donors (Lipinski definition) is 0. The summed E-state index contributed by atoms with van der Waals surface area (Å²) < 4.78 is 0. The summed E-state index contributed by atoms with van der Waals surface area (Å²) >= 11 is 1.31. The van der Waals surface area contributed by atoms with Gasteiger partial charge in [0.15, 0.2) is 0 Å². The molecule has 0 aliphatic rings. The average Bonchev–Trinajstić information content (AvgIpc) is 2.39. The van der Waals surface area contributed by atoms with Crippen molar-refractivity contribution in [2.24, 2.45) is 0 Å². The van der Waals surface area contributed by atoms with Gasteiger partial charge in [-0.3, -0.25) is 10.1 Å². The van der Waals surface area contributed by atoms with Gasteiger partial charge in [-0.2, -0.15) is 5.26 Å². The fourth-order valence-electron chi connectivity index (χ4n) is 1.29. The van der Waals surface area contributed by atoms with E-state index in [1.54, 1.807) is 18.3 Å². The van der Waals surface area contributed by atoms with Gasteiger partial charge in [0.1, 0.15) is 23.0 Å². The molecule has 0 saturated carbocycles. The van der Waals surface area contributed by atoms with Crippen molar-refractivity contribution in [1.82, 2.24) is 9.97 Å². The van der Waals surface area contributed by atoms with E-state index in [1.165, 1.54) is 30.2 Å². The monoisotopic (exact) mass is 258 g/mol. The highest BCUT2D eigenvalue weighted by molar-refractivity contribution is 7.99. The van der Waals surface area contributed by atoms with Crippen LogP contribution in [0.15, 0.2) is 46.7 Å². The van der Waals surface area contributed by atoms with Crippen molar-refractivity contribution in [2.45, 2.75) is 9.92 Å². The summed E-state index contributed by atoms with van der Waals surface area (Å²) in [6.45, 7) is 0. The largest absolute Gasteiger partial charge is 0.287 e. The summed E-state index contributed by atoms with van der Waals surface area (Å²) in [5.41, 5.74) is -0.149. The molecule has 2 aromatic rings. The van der Waals surface area contributed by atoms with E-state index in [1.807, 2.05) is 6.07 Å². The summed E-state index contributed by atoms with van der Waals surface area (Å²) in [4.78, 5) is 18.6. The summed E-state index contributed by atoms with van der Waals surface area (Å²) in [5.74, 6) is 0. The lowest BCUT2D eigenvalue weighted by atomic mass is 10.2. The van der Waals surface area contributed by atoms with Crippen LogP contribution in [-0.4, -0.2) is 14.9 Å². The number of nitro benzene ring substituents is 1. The summed E-state index contributed by atoms with van der Waals surface area (Å²) in [6.07, 6.45) is 3.02. The lowest BCUT2D eigenvalue weighted by Gasteiger charge is -2.01. The van der Waals surface area contributed by atoms with E-state index in [2.05, 4.69) is 9.97 Å². The van der Waals surface area contributed by atoms with Crippen LogP contribution in [0, 0.1) is 21.4 Å². The lowest BCUT2D eigenvalue weighted by Crippen LogP contribution is -1.92. The van der Waals surface area contributed by atoms with Crippen molar-refractivity contribution in [2.75, 3.05) is 0 Å². The molecular weight excluding hydrogens is 252 g/mol. The van der Waals surface area contributed by atoms with Gasteiger partial charge < -0.3 is 0 Å². The molecule has 0 N–H and O–H groups in total. The maximum Gasteiger partial charge on any atom is 0.287 e. The first-order valence-electron chi connectivity index (χ1n) is 4.83. The molecule has 7 heteroatoms. The first-order valence-corrected chi connectivity index (χ1v) is 5.65. The zero-order chi connectivity index (χ0) is 13.0. The Morgan fingerprint density at radius 2 is 2.22 bits per heavy atom. The third kappa shape index (κ3) is 2.61. The molecule has 1 heterocycles. The lowest BCUT2D eigenvalue weighted by molar-refractivity contribution is -0.385. The fraction of sp³-hybridized carbons (Fsp3) is 0. The van der Waals surface area contributed by atoms with E-state index < -0.39 is 4.92 Å². The smallest absolute Gasteiger partial charge is 0.258 e. The van der Waals surface area contributed by atoms with Crippen LogP contribution in [0.3, 0.4) is 0 Å². The summed E-state index contributed by atoms with van der Waals surface area (Å²) in [7, 11) is 0. The molecule has 0 bridgehead atoms. The van der Waals surface area contributed by atoms with Gasteiger partial charge in [-0.15, -0.1) is 0 Å². The van der Waals surface area contributed by atoms with Gasteiger partial charge in [-0.1, -0.05) is 11.8 Å². The van der Waals surface area contributed by atoms with Crippen LogP contribution in [0.5, 0.6) is 0 Å². The van der Waals surface area contributed by atoms with E-state index in [-0.39, 0.29) is 11.3 Å². The van der Waals surface area contributed by atoms with Gasteiger partial charge in [0.05, 0.1) is 4.92 Å². The Morgan fingerprint density at radius 1 is 1.39 bits per heavy atom. The molecule has 0 aliphatic carbocycles. The zero-order valence-electron chi connectivity index (χ0n) is 8.98. The number of nitro groups is 1. The Kier molecular flexibility index (Phi) is 3.50. The van der Waals surface area contributed by atoms with Crippen LogP contribution in [0.25, 0.3) is 0 Å². The topological polar surface area (TPSA) is 92.7 Å². The molecule has 0 atom stereocenters. The van der Waals surface area contributed by atoms with Crippen LogP contribution in [0.4, 0.5) is 5.69 Å². The Labute approximate surface area is 106 Å².